The summed E-state index contributed by atoms with van der Waals surface area (Å²) in [6.45, 7) is 0. The van der Waals surface area contributed by atoms with E-state index in [2.05, 4.69) is 15.6 Å². The third-order valence-corrected chi connectivity index (χ3v) is 4.87. The summed E-state index contributed by atoms with van der Waals surface area (Å²) in [7, 11) is 3.10. The van der Waals surface area contributed by atoms with Crippen molar-refractivity contribution < 1.29 is 19.1 Å². The highest BCUT2D eigenvalue weighted by molar-refractivity contribution is 6.05. The summed E-state index contributed by atoms with van der Waals surface area (Å²) in [5.41, 5.74) is 1.88. The van der Waals surface area contributed by atoms with Gasteiger partial charge in [0.05, 0.1) is 26.1 Å². The number of rotatable bonds is 7. The van der Waals surface area contributed by atoms with Gasteiger partial charge >= 0.3 is 0 Å². The van der Waals surface area contributed by atoms with E-state index in [0.29, 0.717) is 28.6 Å². The van der Waals surface area contributed by atoms with Crippen LogP contribution in [0.3, 0.4) is 0 Å². The number of amides is 2. The number of hydrogen-bond donors (Lipinski definition) is 2. The number of aromatic nitrogens is 2. The van der Waals surface area contributed by atoms with Crippen LogP contribution >= 0.6 is 12.4 Å². The van der Waals surface area contributed by atoms with Gasteiger partial charge in [-0.3, -0.25) is 9.59 Å². The van der Waals surface area contributed by atoms with Crippen LogP contribution in [-0.2, 0) is 4.79 Å². The largest absolute Gasteiger partial charge is 0.497 e. The van der Waals surface area contributed by atoms with Crippen molar-refractivity contribution in [1.29, 1.82) is 0 Å². The molecule has 2 N–H and O–H groups in total. The van der Waals surface area contributed by atoms with Gasteiger partial charge in [-0.15, -0.1) is 12.4 Å². The average molecular weight is 443 g/mol. The highest BCUT2D eigenvalue weighted by Gasteiger charge is 2.29. The average Bonchev–Trinajstić information content (AvgIpc) is 3.53. The number of carbonyl (C=O) groups excluding carboxylic acids is 2. The lowest BCUT2D eigenvalue weighted by atomic mass is 10.2. The summed E-state index contributed by atoms with van der Waals surface area (Å²) in [4.78, 5) is 28.7. The van der Waals surface area contributed by atoms with Crippen LogP contribution < -0.4 is 20.1 Å². The fraction of sp³-hybridized carbons (Fsp3) is 0.227. The van der Waals surface area contributed by atoms with E-state index >= 15 is 0 Å². The summed E-state index contributed by atoms with van der Waals surface area (Å²) in [6.07, 6.45) is 5.26. The van der Waals surface area contributed by atoms with E-state index in [9.17, 15) is 9.59 Å². The van der Waals surface area contributed by atoms with E-state index in [0.717, 1.165) is 18.5 Å². The Labute approximate surface area is 186 Å². The number of nitrogens with one attached hydrogen (secondary N) is 2. The summed E-state index contributed by atoms with van der Waals surface area (Å²) in [6, 6.07) is 12.3. The summed E-state index contributed by atoms with van der Waals surface area (Å²) in [5, 5.41) is 5.66. The molecule has 0 unspecified atom stereocenters. The van der Waals surface area contributed by atoms with E-state index in [1.54, 1.807) is 54.5 Å². The molecule has 9 heteroatoms. The molecule has 0 bridgehead atoms. The zero-order chi connectivity index (χ0) is 21.1. The highest BCUT2D eigenvalue weighted by Crippen LogP contribution is 2.30. The monoisotopic (exact) mass is 442 g/mol. The fourth-order valence-electron chi connectivity index (χ4n) is 2.98. The van der Waals surface area contributed by atoms with Gasteiger partial charge in [0.2, 0.25) is 5.91 Å². The number of carbonyl (C=O) groups is 2. The predicted octanol–water partition coefficient (Wildman–Crippen LogP) is 3.91. The van der Waals surface area contributed by atoms with Gasteiger partial charge < -0.3 is 24.7 Å². The number of benzene rings is 2. The number of ether oxygens (including phenoxy) is 2. The molecule has 1 fully saturated rings. The van der Waals surface area contributed by atoms with Gasteiger partial charge in [0.15, 0.2) is 5.82 Å². The van der Waals surface area contributed by atoms with Crippen molar-refractivity contribution in [3.63, 3.8) is 0 Å². The molecule has 0 saturated heterocycles. The van der Waals surface area contributed by atoms with Gasteiger partial charge in [0, 0.05) is 23.2 Å². The van der Waals surface area contributed by atoms with Crippen LogP contribution in [0, 0.1) is 5.92 Å². The van der Waals surface area contributed by atoms with Gasteiger partial charge in [-0.2, -0.15) is 0 Å². The molecule has 1 aliphatic carbocycles. The van der Waals surface area contributed by atoms with E-state index in [-0.39, 0.29) is 30.1 Å². The second-order valence-electron chi connectivity index (χ2n) is 7.00. The molecule has 1 aromatic heterocycles. The summed E-state index contributed by atoms with van der Waals surface area (Å²) in [5.74, 6) is 1.55. The molecule has 0 radical (unpaired) electrons. The lowest BCUT2D eigenvalue weighted by Gasteiger charge is -2.12. The van der Waals surface area contributed by atoms with Crippen LogP contribution in [0.2, 0.25) is 0 Å². The van der Waals surface area contributed by atoms with Gasteiger partial charge in [-0.05, 0) is 49.2 Å². The molecule has 0 atom stereocenters. The van der Waals surface area contributed by atoms with Gasteiger partial charge in [-0.1, -0.05) is 0 Å². The first-order valence-corrected chi connectivity index (χ1v) is 9.56. The first-order valence-electron chi connectivity index (χ1n) is 9.56. The van der Waals surface area contributed by atoms with Crippen LogP contribution in [0.5, 0.6) is 11.5 Å². The van der Waals surface area contributed by atoms with Crippen LogP contribution in [-0.4, -0.2) is 35.6 Å². The maximum atomic E-state index is 12.6. The number of anilines is 2. The van der Waals surface area contributed by atoms with Crippen molar-refractivity contribution in [2.75, 3.05) is 24.9 Å². The first kappa shape index (κ1) is 22.2. The topological polar surface area (TPSA) is 94.5 Å². The smallest absolute Gasteiger partial charge is 0.255 e. The quantitative estimate of drug-likeness (QED) is 0.578. The van der Waals surface area contributed by atoms with Crippen LogP contribution in [0.4, 0.5) is 11.5 Å². The molecule has 162 valence electrons. The Morgan fingerprint density at radius 1 is 1.03 bits per heavy atom. The number of nitrogens with zero attached hydrogens (tertiary/aromatic N) is 2. The zero-order valence-corrected chi connectivity index (χ0v) is 17.9. The van der Waals surface area contributed by atoms with Crippen LogP contribution in [0.25, 0.3) is 5.69 Å². The predicted molar refractivity (Wildman–Crippen MR) is 120 cm³/mol. The third kappa shape index (κ3) is 5.16. The lowest BCUT2D eigenvalue weighted by molar-refractivity contribution is -0.117. The first-order chi connectivity index (χ1) is 14.6. The fourth-order valence-corrected chi connectivity index (χ4v) is 2.98. The minimum absolute atomic E-state index is 0. The maximum Gasteiger partial charge on any atom is 0.255 e. The Bertz CT molecular complexity index is 1080. The van der Waals surface area contributed by atoms with Gasteiger partial charge in [0.1, 0.15) is 17.8 Å². The minimum atomic E-state index is -0.256. The molecular weight excluding hydrogens is 420 g/mol. The normalized spacial score (nSPS) is 12.5. The number of hydrogen-bond acceptors (Lipinski definition) is 5. The Morgan fingerprint density at radius 2 is 1.77 bits per heavy atom. The maximum absolute atomic E-state index is 12.6. The molecule has 1 saturated carbocycles. The van der Waals surface area contributed by atoms with Gasteiger partial charge in [-0.25, -0.2) is 4.98 Å². The highest BCUT2D eigenvalue weighted by atomic mass is 35.5. The molecule has 4 rings (SSSR count). The molecule has 1 aliphatic rings. The number of halogens is 1. The van der Waals surface area contributed by atoms with Crippen molar-refractivity contribution >= 4 is 35.7 Å². The standard InChI is InChI=1S/C22H22N4O4.ClH/c1-29-17-9-10-18(19(11-17)30-2)24-21(27)15-5-7-16(8-6-15)26-12-20(23-13-26)25-22(28)14-3-4-14;/h5-14H,3-4H2,1-2H3,(H,24,27)(H,25,28);1H. The van der Waals surface area contributed by atoms with E-state index in [4.69, 9.17) is 9.47 Å². The lowest BCUT2D eigenvalue weighted by Crippen LogP contribution is -2.13. The van der Waals surface area contributed by atoms with Crippen molar-refractivity contribution in [2.24, 2.45) is 5.92 Å². The molecule has 31 heavy (non-hydrogen) atoms. The molecule has 8 nitrogen and oxygen atoms in total. The molecule has 2 amide bonds. The zero-order valence-electron chi connectivity index (χ0n) is 17.1. The molecule has 0 spiro atoms. The molecule has 2 aromatic carbocycles. The van der Waals surface area contributed by atoms with Crippen LogP contribution in [0.1, 0.15) is 23.2 Å². The van der Waals surface area contributed by atoms with E-state index in [1.807, 2.05) is 12.1 Å². The second-order valence-corrected chi connectivity index (χ2v) is 7.00. The Morgan fingerprint density at radius 3 is 2.42 bits per heavy atom. The third-order valence-electron chi connectivity index (χ3n) is 4.87. The Hall–Kier alpha value is -3.52. The summed E-state index contributed by atoms with van der Waals surface area (Å²) < 4.78 is 12.3. The molecular formula is C22H23ClN4O4. The summed E-state index contributed by atoms with van der Waals surface area (Å²) >= 11 is 0. The number of methoxy groups -OCH3 is 2. The Kier molecular flexibility index (Phi) is 6.81. The van der Waals surface area contributed by atoms with E-state index in [1.165, 1.54) is 7.11 Å². The SMILES string of the molecule is COc1ccc(NC(=O)c2ccc(-n3cnc(NC(=O)C4CC4)c3)cc2)c(OC)c1.Cl. The van der Waals surface area contributed by atoms with Crippen LogP contribution in [0.15, 0.2) is 55.0 Å². The van der Waals surface area contributed by atoms with Crippen molar-refractivity contribution in [3.8, 4) is 17.2 Å². The van der Waals surface area contributed by atoms with E-state index < -0.39 is 0 Å². The molecule has 3 aromatic rings. The Balaban J connectivity index is 0.00000272. The van der Waals surface area contributed by atoms with Crippen molar-refractivity contribution in [3.05, 3.63) is 60.6 Å². The van der Waals surface area contributed by atoms with Gasteiger partial charge in [0.25, 0.3) is 5.91 Å². The van der Waals surface area contributed by atoms with Crippen molar-refractivity contribution in [2.45, 2.75) is 12.8 Å². The van der Waals surface area contributed by atoms with Crippen molar-refractivity contribution in [1.82, 2.24) is 9.55 Å². The molecule has 0 aliphatic heterocycles. The number of imidazole rings is 1. The second kappa shape index (κ2) is 9.53. The molecule has 1 heterocycles. The minimum Gasteiger partial charge on any atom is -0.497 e.